The lowest BCUT2D eigenvalue weighted by Gasteiger charge is -2.45. The first kappa shape index (κ1) is 23.4. The first-order chi connectivity index (χ1) is 17.2. The number of ether oxygens (including phenoxy) is 1. The van der Waals surface area contributed by atoms with Crippen molar-refractivity contribution in [2.75, 3.05) is 6.54 Å². The molecule has 6 heteroatoms. The highest BCUT2D eigenvalue weighted by Gasteiger charge is 2.39. The van der Waals surface area contributed by atoms with Crippen molar-refractivity contribution < 1.29 is 4.74 Å². The Morgan fingerprint density at radius 2 is 1.54 bits per heavy atom. The summed E-state index contributed by atoms with van der Waals surface area (Å²) in [5.41, 5.74) is 7.02. The molecule has 0 radical (unpaired) electrons. The minimum Gasteiger partial charge on any atom is -0.373 e. The van der Waals surface area contributed by atoms with Crippen molar-refractivity contribution in [3.8, 4) is 0 Å². The maximum absolute atomic E-state index is 6.55. The van der Waals surface area contributed by atoms with Crippen LogP contribution in [0.3, 0.4) is 0 Å². The molecule has 0 saturated carbocycles. The Morgan fingerprint density at radius 1 is 0.886 bits per heavy atom. The second-order valence-corrected chi connectivity index (χ2v) is 9.40. The summed E-state index contributed by atoms with van der Waals surface area (Å²) in [5, 5.41) is 0. The number of rotatable bonds is 8. The summed E-state index contributed by atoms with van der Waals surface area (Å²) in [6.45, 7) is 5.81. The number of nitrogens with one attached hydrogen (secondary N) is 1. The van der Waals surface area contributed by atoms with Gasteiger partial charge in [0, 0.05) is 37.3 Å². The van der Waals surface area contributed by atoms with E-state index < -0.39 is 0 Å². The molecule has 0 bridgehead atoms. The predicted octanol–water partition coefficient (Wildman–Crippen LogP) is 5.52. The van der Waals surface area contributed by atoms with Gasteiger partial charge in [0.1, 0.15) is 0 Å². The Labute approximate surface area is 207 Å². The molecule has 1 saturated heterocycles. The lowest BCUT2D eigenvalue weighted by Crippen LogP contribution is -2.44. The molecule has 5 rings (SSSR count). The monoisotopic (exact) mass is 467 g/mol. The molecule has 1 aliphatic rings. The van der Waals surface area contributed by atoms with Crippen LogP contribution >= 0.6 is 0 Å². The van der Waals surface area contributed by atoms with Crippen molar-refractivity contribution in [1.82, 2.24) is 24.8 Å². The number of benzene rings is 1. The topological polar surface area (TPSA) is 66.9 Å². The molecule has 1 aromatic carbocycles. The SMILES string of the molecule is Cc1cccnc1[C@H]1C[C@@H](OCc2ccccc2)C[C@@H](c2ncccc2C)N1CCc1cnc[nH]1. The highest BCUT2D eigenvalue weighted by molar-refractivity contribution is 5.27. The minimum atomic E-state index is 0.108. The highest BCUT2D eigenvalue weighted by atomic mass is 16.5. The van der Waals surface area contributed by atoms with Crippen molar-refractivity contribution >= 4 is 0 Å². The van der Waals surface area contributed by atoms with Gasteiger partial charge in [-0.15, -0.1) is 0 Å². The van der Waals surface area contributed by atoms with Crippen LogP contribution in [-0.4, -0.2) is 37.5 Å². The minimum absolute atomic E-state index is 0.108. The van der Waals surface area contributed by atoms with E-state index in [1.165, 1.54) is 16.7 Å². The average molecular weight is 468 g/mol. The summed E-state index contributed by atoms with van der Waals surface area (Å²) in [6.07, 6.45) is 10.3. The first-order valence-corrected chi connectivity index (χ1v) is 12.4. The fourth-order valence-electron chi connectivity index (χ4n) is 5.22. The van der Waals surface area contributed by atoms with Crippen LogP contribution in [0.2, 0.25) is 0 Å². The molecular weight excluding hydrogens is 434 g/mol. The van der Waals surface area contributed by atoms with Crippen molar-refractivity contribution in [1.29, 1.82) is 0 Å². The van der Waals surface area contributed by atoms with E-state index in [-0.39, 0.29) is 18.2 Å². The van der Waals surface area contributed by atoms with Crippen LogP contribution in [0.15, 0.2) is 79.5 Å². The molecule has 4 heterocycles. The number of pyridine rings is 2. The smallest absolute Gasteiger partial charge is 0.0921 e. The summed E-state index contributed by atoms with van der Waals surface area (Å²) in [4.78, 5) is 19.8. The van der Waals surface area contributed by atoms with E-state index in [0.717, 1.165) is 42.9 Å². The third-order valence-corrected chi connectivity index (χ3v) is 7.03. The number of nitrogens with zero attached hydrogens (tertiary/aromatic N) is 4. The Balaban J connectivity index is 1.49. The van der Waals surface area contributed by atoms with Gasteiger partial charge in [-0.25, -0.2) is 4.98 Å². The van der Waals surface area contributed by atoms with Crippen LogP contribution in [0, 0.1) is 13.8 Å². The van der Waals surface area contributed by atoms with E-state index in [9.17, 15) is 0 Å². The highest BCUT2D eigenvalue weighted by Crippen LogP contribution is 2.43. The zero-order chi connectivity index (χ0) is 24.0. The van der Waals surface area contributed by atoms with E-state index in [1.807, 2.05) is 36.8 Å². The number of hydrogen-bond donors (Lipinski definition) is 1. The molecule has 35 heavy (non-hydrogen) atoms. The molecule has 1 fully saturated rings. The second-order valence-electron chi connectivity index (χ2n) is 9.40. The number of hydrogen-bond acceptors (Lipinski definition) is 5. The molecule has 4 aromatic rings. The lowest BCUT2D eigenvalue weighted by molar-refractivity contribution is -0.0533. The number of piperidine rings is 1. The Bertz CT molecular complexity index is 1160. The van der Waals surface area contributed by atoms with Crippen molar-refractivity contribution in [3.05, 3.63) is 113 Å². The normalized spacial score (nSPS) is 20.7. The van der Waals surface area contributed by atoms with Crippen LogP contribution in [0.4, 0.5) is 0 Å². The quantitative estimate of drug-likeness (QED) is 0.369. The van der Waals surface area contributed by atoms with Crippen molar-refractivity contribution in [3.63, 3.8) is 0 Å². The van der Waals surface area contributed by atoms with Crippen LogP contribution < -0.4 is 0 Å². The van der Waals surface area contributed by atoms with E-state index in [0.29, 0.717) is 6.61 Å². The number of aryl methyl sites for hydroxylation is 2. The van der Waals surface area contributed by atoms with Gasteiger partial charge in [0.25, 0.3) is 0 Å². The third-order valence-electron chi connectivity index (χ3n) is 7.03. The molecule has 0 aliphatic carbocycles. The van der Waals surface area contributed by atoms with Gasteiger partial charge in [0.15, 0.2) is 0 Å². The Morgan fingerprint density at radius 3 is 2.11 bits per heavy atom. The fraction of sp³-hybridized carbons (Fsp3) is 0.345. The van der Waals surface area contributed by atoms with Crippen LogP contribution in [0.25, 0.3) is 0 Å². The maximum atomic E-state index is 6.55. The summed E-state index contributed by atoms with van der Waals surface area (Å²) >= 11 is 0. The summed E-state index contributed by atoms with van der Waals surface area (Å²) < 4.78 is 6.55. The van der Waals surface area contributed by atoms with Crippen LogP contribution in [0.5, 0.6) is 0 Å². The molecule has 0 spiro atoms. The number of aromatic amines is 1. The molecule has 3 atom stereocenters. The standard InChI is InChI=1S/C29H33N5O/c1-21-8-6-13-31-28(21)26-16-25(35-19-23-10-4-3-5-11-23)17-27(29-22(2)9-7-14-32-29)34(26)15-12-24-18-30-20-33-24/h3-11,13-14,18,20,25-27H,12,15-17,19H2,1-2H3,(H,30,33)/t25-,26-,27+. The van der Waals surface area contributed by atoms with E-state index in [1.54, 1.807) is 6.33 Å². The number of likely N-dealkylation sites (tertiary alicyclic amines) is 1. The number of H-pyrrole nitrogens is 1. The molecular formula is C29H33N5O. The van der Waals surface area contributed by atoms with Crippen LogP contribution in [0.1, 0.15) is 58.7 Å². The van der Waals surface area contributed by atoms with E-state index in [4.69, 9.17) is 14.7 Å². The molecule has 1 N–H and O–H groups in total. The van der Waals surface area contributed by atoms with Gasteiger partial charge >= 0.3 is 0 Å². The van der Waals surface area contributed by atoms with Gasteiger partial charge in [-0.05, 0) is 55.5 Å². The van der Waals surface area contributed by atoms with Gasteiger partial charge in [0.05, 0.1) is 42.5 Å². The van der Waals surface area contributed by atoms with E-state index >= 15 is 0 Å². The third kappa shape index (κ3) is 5.50. The molecule has 0 amide bonds. The zero-order valence-electron chi connectivity index (χ0n) is 20.5. The van der Waals surface area contributed by atoms with Crippen molar-refractivity contribution in [2.45, 2.75) is 57.9 Å². The van der Waals surface area contributed by atoms with Crippen molar-refractivity contribution in [2.24, 2.45) is 0 Å². The summed E-state index contributed by atoms with van der Waals surface area (Å²) in [6, 6.07) is 19.0. The molecule has 1 aliphatic heterocycles. The lowest BCUT2D eigenvalue weighted by atomic mass is 9.86. The van der Waals surface area contributed by atoms with Gasteiger partial charge in [-0.3, -0.25) is 14.9 Å². The van der Waals surface area contributed by atoms with Gasteiger partial charge in [-0.1, -0.05) is 42.5 Å². The largest absolute Gasteiger partial charge is 0.373 e. The summed E-state index contributed by atoms with van der Waals surface area (Å²) in [7, 11) is 0. The van der Waals surface area contributed by atoms with Gasteiger partial charge < -0.3 is 9.72 Å². The predicted molar refractivity (Wildman–Crippen MR) is 137 cm³/mol. The zero-order valence-corrected chi connectivity index (χ0v) is 20.5. The molecule has 180 valence electrons. The first-order valence-electron chi connectivity index (χ1n) is 12.4. The Hall–Kier alpha value is -3.35. The summed E-state index contributed by atoms with van der Waals surface area (Å²) in [5.74, 6) is 0. The van der Waals surface area contributed by atoms with E-state index in [2.05, 4.69) is 65.1 Å². The molecule has 3 aromatic heterocycles. The maximum Gasteiger partial charge on any atom is 0.0921 e. The Kier molecular flexibility index (Phi) is 7.31. The van der Waals surface area contributed by atoms with Gasteiger partial charge in [0.2, 0.25) is 0 Å². The molecule has 6 nitrogen and oxygen atoms in total. The van der Waals surface area contributed by atoms with Crippen LogP contribution in [-0.2, 0) is 17.8 Å². The second kappa shape index (κ2) is 10.9. The molecule has 0 unspecified atom stereocenters. The van der Waals surface area contributed by atoms with Gasteiger partial charge in [-0.2, -0.15) is 0 Å². The number of aromatic nitrogens is 4. The fourth-order valence-corrected chi connectivity index (χ4v) is 5.22. The average Bonchev–Trinajstić information content (AvgIpc) is 3.41. The number of imidazole rings is 1.